The van der Waals surface area contributed by atoms with Gasteiger partial charge in [0.1, 0.15) is 5.75 Å². The molecule has 0 saturated carbocycles. The first-order valence-corrected chi connectivity index (χ1v) is 9.87. The van der Waals surface area contributed by atoms with Crippen LogP contribution in [0.25, 0.3) is 0 Å². The molecule has 0 spiro atoms. The Kier molecular flexibility index (Phi) is 5.79. The van der Waals surface area contributed by atoms with E-state index in [2.05, 4.69) is 30.2 Å². The van der Waals surface area contributed by atoms with E-state index in [0.29, 0.717) is 15.8 Å². The lowest BCUT2D eigenvalue weighted by atomic mass is 10.1. The highest BCUT2D eigenvalue weighted by molar-refractivity contribution is 9.10. The summed E-state index contributed by atoms with van der Waals surface area (Å²) in [6.07, 6.45) is 5.72. The minimum absolute atomic E-state index is 0.546. The zero-order valence-electron chi connectivity index (χ0n) is 13.7. The summed E-state index contributed by atoms with van der Waals surface area (Å²) < 4.78 is 11.0. The van der Waals surface area contributed by atoms with E-state index >= 15 is 0 Å². The van der Waals surface area contributed by atoms with E-state index < -0.39 is 0 Å². The van der Waals surface area contributed by atoms with Crippen molar-refractivity contribution in [3.63, 3.8) is 0 Å². The lowest BCUT2D eigenvalue weighted by molar-refractivity contribution is 0.351. The van der Waals surface area contributed by atoms with Gasteiger partial charge in [0.2, 0.25) is 5.06 Å². The third-order valence-electron chi connectivity index (χ3n) is 3.97. The van der Waals surface area contributed by atoms with Gasteiger partial charge in [-0.05, 0) is 66.7 Å². The Balaban J connectivity index is 1.78. The standard InChI is InChI=1S/C17H19BrClN3OS/c1-11-8-15(23-17-16(18)12(2)21-24-17)13(19)9-14(11)20-10-22-6-4-3-5-7-22/h8-10H,3-7H2,1-2H3. The van der Waals surface area contributed by atoms with Crippen LogP contribution in [-0.2, 0) is 0 Å². The smallest absolute Gasteiger partial charge is 0.214 e. The number of hydrogen-bond acceptors (Lipinski definition) is 4. The Morgan fingerprint density at radius 1 is 1.29 bits per heavy atom. The van der Waals surface area contributed by atoms with Gasteiger partial charge in [0.15, 0.2) is 0 Å². The molecule has 0 aliphatic carbocycles. The van der Waals surface area contributed by atoms with Gasteiger partial charge in [-0.15, -0.1) is 0 Å². The Morgan fingerprint density at radius 2 is 2.04 bits per heavy atom. The Bertz CT molecular complexity index is 757. The molecule has 1 aromatic heterocycles. The van der Waals surface area contributed by atoms with Crippen LogP contribution in [0.4, 0.5) is 5.69 Å². The van der Waals surface area contributed by atoms with Crippen molar-refractivity contribution in [1.29, 1.82) is 0 Å². The van der Waals surface area contributed by atoms with Gasteiger partial charge in [0, 0.05) is 24.6 Å². The fourth-order valence-electron chi connectivity index (χ4n) is 2.54. The molecule has 2 aromatic rings. The molecule has 7 heteroatoms. The average molecular weight is 429 g/mol. The molecule has 0 bridgehead atoms. The van der Waals surface area contributed by atoms with Crippen molar-refractivity contribution in [1.82, 2.24) is 9.27 Å². The number of aliphatic imine (C=N–C) groups is 1. The molecule has 1 aliphatic rings. The topological polar surface area (TPSA) is 37.7 Å². The maximum atomic E-state index is 6.39. The van der Waals surface area contributed by atoms with E-state index in [4.69, 9.17) is 16.3 Å². The molecular weight excluding hydrogens is 410 g/mol. The summed E-state index contributed by atoms with van der Waals surface area (Å²) in [5.41, 5.74) is 2.81. The fourth-order valence-corrected chi connectivity index (χ4v) is 3.91. The average Bonchev–Trinajstić information content (AvgIpc) is 2.89. The molecule has 1 aromatic carbocycles. The number of halogens is 2. The van der Waals surface area contributed by atoms with Gasteiger partial charge in [-0.2, -0.15) is 4.37 Å². The lowest BCUT2D eigenvalue weighted by Gasteiger charge is -2.23. The second-order valence-corrected chi connectivity index (χ2v) is 7.82. The molecule has 0 radical (unpaired) electrons. The number of aromatic nitrogens is 1. The Labute approximate surface area is 159 Å². The zero-order valence-corrected chi connectivity index (χ0v) is 16.8. The van der Waals surface area contributed by atoms with Crippen molar-refractivity contribution in [3.05, 3.63) is 32.9 Å². The summed E-state index contributed by atoms with van der Waals surface area (Å²) in [6, 6.07) is 3.78. The molecule has 128 valence electrons. The molecule has 1 aliphatic heterocycles. The van der Waals surface area contributed by atoms with Gasteiger partial charge in [-0.3, -0.25) is 0 Å². The minimum atomic E-state index is 0.546. The van der Waals surface area contributed by atoms with E-state index in [9.17, 15) is 0 Å². The quantitative estimate of drug-likeness (QED) is 0.435. The highest BCUT2D eigenvalue weighted by atomic mass is 79.9. The summed E-state index contributed by atoms with van der Waals surface area (Å²) in [6.45, 7) is 6.10. The first-order chi connectivity index (χ1) is 11.5. The maximum absolute atomic E-state index is 6.39. The van der Waals surface area contributed by atoms with Crippen LogP contribution < -0.4 is 4.74 Å². The number of likely N-dealkylation sites (tertiary alicyclic amines) is 1. The predicted molar refractivity (Wildman–Crippen MR) is 104 cm³/mol. The number of ether oxygens (including phenoxy) is 1. The number of rotatable bonds is 4. The van der Waals surface area contributed by atoms with Crippen molar-refractivity contribution >= 4 is 51.1 Å². The molecule has 0 atom stereocenters. The van der Waals surface area contributed by atoms with Crippen LogP contribution in [0.5, 0.6) is 10.8 Å². The van der Waals surface area contributed by atoms with Crippen LogP contribution >= 0.6 is 39.1 Å². The van der Waals surface area contributed by atoms with Gasteiger partial charge >= 0.3 is 0 Å². The van der Waals surface area contributed by atoms with Gasteiger partial charge in [0.25, 0.3) is 0 Å². The van der Waals surface area contributed by atoms with Crippen molar-refractivity contribution < 1.29 is 4.74 Å². The van der Waals surface area contributed by atoms with Crippen LogP contribution in [0.15, 0.2) is 21.6 Å². The third-order valence-corrected chi connectivity index (χ3v) is 6.28. The molecule has 0 N–H and O–H groups in total. The summed E-state index contributed by atoms with van der Waals surface area (Å²) in [7, 11) is 0. The van der Waals surface area contributed by atoms with Crippen LogP contribution in [-0.4, -0.2) is 28.7 Å². The van der Waals surface area contributed by atoms with Crippen molar-refractivity contribution in [2.75, 3.05) is 13.1 Å². The van der Waals surface area contributed by atoms with Gasteiger partial charge in [-0.25, -0.2) is 4.99 Å². The molecule has 2 heterocycles. The summed E-state index contributed by atoms with van der Waals surface area (Å²) >= 11 is 11.2. The minimum Gasteiger partial charge on any atom is -0.442 e. The van der Waals surface area contributed by atoms with Gasteiger partial charge in [0.05, 0.1) is 27.2 Å². The van der Waals surface area contributed by atoms with E-state index in [1.54, 1.807) is 0 Å². The van der Waals surface area contributed by atoms with Crippen molar-refractivity contribution in [3.8, 4) is 10.8 Å². The monoisotopic (exact) mass is 427 g/mol. The zero-order chi connectivity index (χ0) is 17.1. The van der Waals surface area contributed by atoms with E-state index in [1.807, 2.05) is 32.3 Å². The number of nitrogens with zero attached hydrogens (tertiary/aromatic N) is 3. The summed E-state index contributed by atoms with van der Waals surface area (Å²) in [4.78, 5) is 6.86. The number of piperidine rings is 1. The summed E-state index contributed by atoms with van der Waals surface area (Å²) in [5.74, 6) is 0.621. The molecule has 0 amide bonds. The number of hydrogen-bond donors (Lipinski definition) is 0. The second-order valence-electron chi connectivity index (χ2n) is 5.88. The molecule has 0 unspecified atom stereocenters. The normalized spacial score (nSPS) is 15.2. The lowest BCUT2D eigenvalue weighted by Crippen LogP contribution is -2.28. The highest BCUT2D eigenvalue weighted by Crippen LogP contribution is 2.40. The van der Waals surface area contributed by atoms with Crippen molar-refractivity contribution in [2.45, 2.75) is 33.1 Å². The summed E-state index contributed by atoms with van der Waals surface area (Å²) in [5, 5.41) is 1.25. The molecule has 4 nitrogen and oxygen atoms in total. The van der Waals surface area contributed by atoms with Crippen LogP contribution in [0, 0.1) is 13.8 Å². The van der Waals surface area contributed by atoms with Gasteiger partial charge < -0.3 is 9.64 Å². The van der Waals surface area contributed by atoms with E-state index in [1.165, 1.54) is 30.8 Å². The molecule has 1 saturated heterocycles. The predicted octanol–water partition coefficient (Wildman–Crippen LogP) is 6.11. The Hall–Kier alpha value is -1.11. The molecular formula is C17H19BrClN3OS. The first-order valence-electron chi connectivity index (χ1n) is 7.92. The maximum Gasteiger partial charge on any atom is 0.214 e. The number of benzene rings is 1. The third kappa shape index (κ3) is 4.10. The number of aryl methyl sites for hydroxylation is 2. The molecule has 3 rings (SSSR count). The van der Waals surface area contributed by atoms with Crippen LogP contribution in [0.2, 0.25) is 5.02 Å². The van der Waals surface area contributed by atoms with Gasteiger partial charge in [-0.1, -0.05) is 11.6 Å². The highest BCUT2D eigenvalue weighted by Gasteiger charge is 2.14. The second kappa shape index (κ2) is 7.85. The SMILES string of the molecule is Cc1cc(Oc2snc(C)c2Br)c(Cl)cc1N=CN1CCCCC1. The van der Waals surface area contributed by atoms with Crippen LogP contribution in [0.3, 0.4) is 0 Å². The molecule has 1 fully saturated rings. The fraction of sp³-hybridized carbons (Fsp3) is 0.412. The van der Waals surface area contributed by atoms with E-state index in [0.717, 1.165) is 34.5 Å². The first kappa shape index (κ1) is 17.7. The Morgan fingerprint density at radius 3 is 2.71 bits per heavy atom. The van der Waals surface area contributed by atoms with Crippen LogP contribution in [0.1, 0.15) is 30.5 Å². The molecule has 24 heavy (non-hydrogen) atoms. The largest absolute Gasteiger partial charge is 0.442 e. The van der Waals surface area contributed by atoms with Crippen molar-refractivity contribution in [2.24, 2.45) is 4.99 Å². The van der Waals surface area contributed by atoms with E-state index in [-0.39, 0.29) is 0 Å².